The van der Waals surface area contributed by atoms with Crippen molar-refractivity contribution < 1.29 is 67.6 Å². The number of benzene rings is 2. The van der Waals surface area contributed by atoms with Crippen LogP contribution in [0, 0.1) is 29.2 Å². The molecule has 0 bridgehead atoms. The first-order valence-electron chi connectivity index (χ1n) is 10.9. The van der Waals surface area contributed by atoms with Gasteiger partial charge in [-0.05, 0) is 12.5 Å². The van der Waals surface area contributed by atoms with E-state index >= 15 is 0 Å². The summed E-state index contributed by atoms with van der Waals surface area (Å²) in [4.78, 5) is 0. The van der Waals surface area contributed by atoms with Crippen molar-refractivity contribution in [2.75, 3.05) is 13.2 Å². The summed E-state index contributed by atoms with van der Waals surface area (Å²) < 4.78 is 161. The second-order valence-electron chi connectivity index (χ2n) is 7.95. The molecule has 3 rings (SSSR count). The van der Waals surface area contributed by atoms with Crippen LogP contribution in [0.3, 0.4) is 0 Å². The molecule has 0 saturated carbocycles. The smallest absolute Gasteiger partial charge is 0.432 e. The fourth-order valence-electron chi connectivity index (χ4n) is 3.18. The Hall–Kier alpha value is -3.46. The Morgan fingerprint density at radius 2 is 1.38 bits per heavy atom. The topological polar surface area (TPSA) is 46.2 Å². The van der Waals surface area contributed by atoms with Crippen molar-refractivity contribution in [2.24, 2.45) is 5.92 Å². The number of hydrogen-bond acceptors (Lipinski definition) is 5. The fourth-order valence-corrected chi connectivity index (χ4v) is 3.18. The van der Waals surface area contributed by atoms with Gasteiger partial charge in [0.25, 0.3) is 0 Å². The largest absolute Gasteiger partial charge is 0.453 e. The van der Waals surface area contributed by atoms with Crippen LogP contribution in [-0.2, 0) is 15.6 Å². The van der Waals surface area contributed by atoms with Gasteiger partial charge in [-0.25, -0.2) is 17.6 Å². The lowest BCUT2D eigenvalue weighted by molar-refractivity contribution is -0.189. The van der Waals surface area contributed by atoms with Gasteiger partial charge in [-0.15, -0.1) is 0 Å². The minimum Gasteiger partial charge on any atom is -0.453 e. The second-order valence-corrected chi connectivity index (χ2v) is 7.95. The number of hydrogen-bond donors (Lipinski definition) is 0. The molecule has 2 aromatic carbocycles. The van der Waals surface area contributed by atoms with E-state index in [1.165, 1.54) is 0 Å². The first-order valence-corrected chi connectivity index (χ1v) is 10.9. The third-order valence-electron chi connectivity index (χ3n) is 5.06. The van der Waals surface area contributed by atoms with E-state index in [1.54, 1.807) is 0 Å². The van der Waals surface area contributed by atoms with Gasteiger partial charge in [-0.1, -0.05) is 6.92 Å². The van der Waals surface area contributed by atoms with Gasteiger partial charge in [0.15, 0.2) is 29.9 Å². The second kappa shape index (κ2) is 12.2. The third kappa shape index (κ3) is 8.02. The highest BCUT2D eigenvalue weighted by atomic mass is 19.3. The molecule has 0 radical (unpaired) electrons. The zero-order chi connectivity index (χ0) is 29.0. The molecular weight excluding hydrogens is 558 g/mol. The van der Waals surface area contributed by atoms with Gasteiger partial charge < -0.3 is 23.7 Å². The summed E-state index contributed by atoms with van der Waals surface area (Å²) in [6.07, 6.45) is -11.3. The lowest BCUT2D eigenvalue weighted by Crippen LogP contribution is -2.31. The molecule has 1 fully saturated rings. The minimum atomic E-state index is -4.94. The van der Waals surface area contributed by atoms with Crippen LogP contribution < -0.4 is 14.2 Å². The van der Waals surface area contributed by atoms with Crippen molar-refractivity contribution in [3.8, 4) is 17.2 Å². The molecule has 1 aliphatic heterocycles. The molecule has 0 atom stereocenters. The van der Waals surface area contributed by atoms with E-state index < -0.39 is 70.7 Å². The van der Waals surface area contributed by atoms with Crippen molar-refractivity contribution in [1.82, 2.24) is 0 Å². The molecule has 1 heterocycles. The maximum atomic E-state index is 14.5. The van der Waals surface area contributed by atoms with Crippen LogP contribution in [0.2, 0.25) is 0 Å². The van der Waals surface area contributed by atoms with Crippen LogP contribution in [0.5, 0.6) is 17.2 Å². The van der Waals surface area contributed by atoms with E-state index in [1.807, 2.05) is 6.92 Å². The Bertz CT molecular complexity index is 1180. The molecular formula is C24H18F10O5. The average Bonchev–Trinajstić information content (AvgIpc) is 2.81. The summed E-state index contributed by atoms with van der Waals surface area (Å²) in [6.45, 7) is 2.38. The molecule has 0 spiro atoms. The van der Waals surface area contributed by atoms with E-state index in [9.17, 15) is 43.9 Å². The van der Waals surface area contributed by atoms with E-state index in [0.717, 1.165) is 12.5 Å². The lowest BCUT2D eigenvalue weighted by Gasteiger charge is -2.27. The van der Waals surface area contributed by atoms with Gasteiger partial charge in [0.2, 0.25) is 0 Å². The highest BCUT2D eigenvalue weighted by molar-refractivity contribution is 5.37. The molecule has 1 saturated heterocycles. The number of rotatable bonds is 10. The highest BCUT2D eigenvalue weighted by Gasteiger charge is 2.42. The normalized spacial score (nSPS) is 18.2. The van der Waals surface area contributed by atoms with Gasteiger partial charge in [-0.2, -0.15) is 26.3 Å². The summed E-state index contributed by atoms with van der Waals surface area (Å²) in [5.41, 5.74) is -2.10. The predicted molar refractivity (Wildman–Crippen MR) is 112 cm³/mol. The average molecular weight is 576 g/mol. The maximum absolute atomic E-state index is 14.5. The molecule has 1 aliphatic rings. The number of alkyl halides is 4. The molecule has 39 heavy (non-hydrogen) atoms. The van der Waals surface area contributed by atoms with Crippen LogP contribution >= 0.6 is 0 Å². The van der Waals surface area contributed by atoms with Gasteiger partial charge in [-0.3, -0.25) is 0 Å². The minimum absolute atomic E-state index is 0.00678. The third-order valence-corrected chi connectivity index (χ3v) is 5.06. The van der Waals surface area contributed by atoms with Crippen molar-refractivity contribution in [1.29, 1.82) is 0 Å². The Morgan fingerprint density at radius 1 is 0.872 bits per heavy atom. The predicted octanol–water partition coefficient (Wildman–Crippen LogP) is 7.41. The van der Waals surface area contributed by atoms with E-state index in [4.69, 9.17) is 9.47 Å². The monoisotopic (exact) mass is 576 g/mol. The molecule has 0 aliphatic carbocycles. The molecule has 214 valence electrons. The first kappa shape index (κ1) is 30.1. The van der Waals surface area contributed by atoms with Gasteiger partial charge >= 0.3 is 18.3 Å². The van der Waals surface area contributed by atoms with Gasteiger partial charge in [0.1, 0.15) is 28.7 Å². The molecule has 0 unspecified atom stereocenters. The van der Waals surface area contributed by atoms with Crippen LogP contribution in [-0.4, -0.2) is 25.6 Å². The molecule has 15 heteroatoms. The molecule has 5 nitrogen and oxygen atoms in total. The summed E-state index contributed by atoms with van der Waals surface area (Å²) in [5, 5.41) is 0. The molecule has 0 amide bonds. The fraction of sp³-hybridized carbons (Fsp3) is 0.333. The summed E-state index contributed by atoms with van der Waals surface area (Å²) in [7, 11) is 0. The molecule has 2 aromatic rings. The highest BCUT2D eigenvalue weighted by Crippen LogP contribution is 2.39. The zero-order valence-corrected chi connectivity index (χ0v) is 19.6. The van der Waals surface area contributed by atoms with Crippen molar-refractivity contribution in [3.05, 3.63) is 77.6 Å². The van der Waals surface area contributed by atoms with Gasteiger partial charge in [0.05, 0.1) is 13.2 Å². The van der Waals surface area contributed by atoms with Crippen LogP contribution in [0.25, 0.3) is 0 Å². The summed E-state index contributed by atoms with van der Waals surface area (Å²) in [6, 6.07) is 0.150. The van der Waals surface area contributed by atoms with Crippen LogP contribution in [0.15, 0.2) is 48.8 Å². The van der Waals surface area contributed by atoms with Crippen LogP contribution in [0.4, 0.5) is 43.9 Å². The Labute approximate surface area is 214 Å². The summed E-state index contributed by atoms with van der Waals surface area (Å²) >= 11 is 0. The summed E-state index contributed by atoms with van der Waals surface area (Å²) in [5.74, 6) is -11.6. The SMILES string of the molecule is CCC1COC(C=CC(F)(F)Oc2cc(F)c(C(F)(F)Oc3cc(F)c(OC=C(F)F)c(F)c3)c(F)c2)OC1. The quantitative estimate of drug-likeness (QED) is 0.168. The van der Waals surface area contributed by atoms with Crippen molar-refractivity contribution in [3.63, 3.8) is 0 Å². The zero-order valence-electron chi connectivity index (χ0n) is 19.6. The van der Waals surface area contributed by atoms with Crippen LogP contribution in [0.1, 0.15) is 18.9 Å². The number of ether oxygens (including phenoxy) is 5. The van der Waals surface area contributed by atoms with E-state index in [-0.39, 0.29) is 55.7 Å². The molecule has 0 N–H and O–H groups in total. The Morgan fingerprint density at radius 3 is 1.90 bits per heavy atom. The van der Waals surface area contributed by atoms with E-state index in [0.29, 0.717) is 0 Å². The Balaban J connectivity index is 1.75. The van der Waals surface area contributed by atoms with E-state index in [2.05, 4.69) is 14.2 Å². The standard InChI is InChI=1S/C24H18F10O5/c1-2-12-9-35-20(36-10-12)3-4-23(31,32)38-13-5-15(25)21(16(26)6-13)24(33,34)39-14-7-17(27)22(18(28)8-14)37-11-19(29)30/h3-8,11-12,20H,2,9-10H2,1H3. The lowest BCUT2D eigenvalue weighted by atomic mass is 10.1. The first-order chi connectivity index (χ1) is 18.2. The number of halogens is 10. The van der Waals surface area contributed by atoms with Gasteiger partial charge in [0, 0.05) is 36.3 Å². The molecule has 0 aromatic heterocycles. The maximum Gasteiger partial charge on any atom is 0.432 e. The Kier molecular flexibility index (Phi) is 9.38. The van der Waals surface area contributed by atoms with Crippen molar-refractivity contribution in [2.45, 2.75) is 31.9 Å². The van der Waals surface area contributed by atoms with Crippen molar-refractivity contribution >= 4 is 0 Å².